The van der Waals surface area contributed by atoms with Gasteiger partial charge in [0, 0.05) is 48.8 Å². The third-order valence-corrected chi connectivity index (χ3v) is 7.76. The molecule has 0 radical (unpaired) electrons. The first-order valence-corrected chi connectivity index (χ1v) is 13.0. The molecule has 200 valence electrons. The molecule has 0 spiro atoms. The number of rotatable bonds is 10. The normalized spacial score (nSPS) is 22.1. The number of alkyl halides is 1. The van der Waals surface area contributed by atoms with Crippen molar-refractivity contribution < 1.29 is 32.3 Å². The van der Waals surface area contributed by atoms with Gasteiger partial charge in [0.1, 0.15) is 24.5 Å². The largest absolute Gasteiger partial charge is 0.468 e. The van der Waals surface area contributed by atoms with Gasteiger partial charge in [-0.3, -0.25) is 23.7 Å². The van der Waals surface area contributed by atoms with E-state index in [4.69, 9.17) is 18.5 Å². The first-order valence-electron chi connectivity index (χ1n) is 11.5. The second-order valence-corrected chi connectivity index (χ2v) is 10.5. The number of benzene rings is 1. The van der Waals surface area contributed by atoms with Gasteiger partial charge in [0.2, 0.25) is 0 Å². The number of nitrogens with one attached hydrogen (secondary N) is 3. The highest BCUT2D eigenvalue weighted by Gasteiger charge is 2.40. The predicted molar refractivity (Wildman–Crippen MR) is 131 cm³/mol. The lowest BCUT2D eigenvalue weighted by Crippen LogP contribution is -2.39. The van der Waals surface area contributed by atoms with Crippen molar-refractivity contribution in [2.75, 3.05) is 20.8 Å². The number of aromatic nitrogens is 3. The Kier molecular flexibility index (Phi) is 8.10. The summed E-state index contributed by atoms with van der Waals surface area (Å²) in [7, 11) is -1.79. The lowest BCUT2D eigenvalue weighted by Gasteiger charge is -2.24. The van der Waals surface area contributed by atoms with Crippen molar-refractivity contribution in [3.63, 3.8) is 0 Å². The van der Waals surface area contributed by atoms with Gasteiger partial charge in [0.05, 0.1) is 13.7 Å². The van der Waals surface area contributed by atoms with Crippen LogP contribution in [0.25, 0.3) is 10.9 Å². The highest BCUT2D eigenvalue weighted by atomic mass is 31.2. The smallest absolute Gasteiger partial charge is 0.406 e. The minimum absolute atomic E-state index is 0.107. The zero-order valence-corrected chi connectivity index (χ0v) is 21.3. The second kappa shape index (κ2) is 11.1. The molecule has 2 aromatic heterocycles. The Hall–Kier alpha value is -3.09. The number of methoxy groups -OCH3 is 1. The third kappa shape index (κ3) is 5.91. The van der Waals surface area contributed by atoms with E-state index < -0.39 is 56.1 Å². The number of halogens is 1. The molecule has 3 aromatic rings. The summed E-state index contributed by atoms with van der Waals surface area (Å²) in [6.07, 6.45) is -0.787. The number of nitrogens with zero attached hydrogens (tertiary/aromatic N) is 1. The van der Waals surface area contributed by atoms with Crippen molar-refractivity contribution in [3.05, 3.63) is 68.6 Å². The Labute approximate surface area is 210 Å². The maximum absolute atomic E-state index is 14.7. The van der Waals surface area contributed by atoms with Gasteiger partial charge in [-0.25, -0.2) is 18.8 Å². The van der Waals surface area contributed by atoms with E-state index in [0.29, 0.717) is 0 Å². The van der Waals surface area contributed by atoms with Gasteiger partial charge in [-0.15, -0.1) is 0 Å². The molecule has 0 amide bonds. The Bertz CT molecular complexity index is 1440. The van der Waals surface area contributed by atoms with E-state index in [1.54, 1.807) is 6.20 Å². The SMILES string of the molecule is COC(=O)[C@H](Cc1c[nH]c2ccccc12)NP(=O)(OC)OCC1OC(n2cc(C)c(=O)[nH]c2=O)CC1F. The lowest BCUT2D eigenvalue weighted by atomic mass is 10.1. The number of H-pyrrole nitrogens is 2. The molecule has 0 bridgehead atoms. The number of hydrogen-bond acceptors (Lipinski definition) is 8. The minimum atomic E-state index is -4.12. The van der Waals surface area contributed by atoms with Crippen LogP contribution >= 0.6 is 7.75 Å². The summed E-state index contributed by atoms with van der Waals surface area (Å²) in [5, 5.41) is 3.47. The maximum Gasteiger partial charge on any atom is 0.406 e. The van der Waals surface area contributed by atoms with E-state index in [2.05, 4.69) is 15.1 Å². The molecule has 12 nitrogen and oxygen atoms in total. The average molecular weight is 538 g/mol. The summed E-state index contributed by atoms with van der Waals surface area (Å²) >= 11 is 0. The predicted octanol–water partition coefficient (Wildman–Crippen LogP) is 2.10. The van der Waals surface area contributed by atoms with Crippen LogP contribution in [-0.4, -0.2) is 59.6 Å². The van der Waals surface area contributed by atoms with Crippen LogP contribution < -0.4 is 16.3 Å². The molecular formula is C23H28FN4O8P. The van der Waals surface area contributed by atoms with Gasteiger partial charge in [0.25, 0.3) is 5.56 Å². The fourth-order valence-electron chi connectivity index (χ4n) is 4.16. The van der Waals surface area contributed by atoms with Gasteiger partial charge >= 0.3 is 19.4 Å². The molecule has 37 heavy (non-hydrogen) atoms. The van der Waals surface area contributed by atoms with Gasteiger partial charge in [-0.05, 0) is 18.6 Å². The van der Waals surface area contributed by atoms with E-state index >= 15 is 0 Å². The van der Waals surface area contributed by atoms with E-state index in [-0.39, 0.29) is 18.4 Å². The Morgan fingerprint density at radius 1 is 1.32 bits per heavy atom. The quantitative estimate of drug-likeness (QED) is 0.260. The molecule has 4 rings (SSSR count). The number of aryl methyl sites for hydroxylation is 1. The van der Waals surface area contributed by atoms with Gasteiger partial charge in [0.15, 0.2) is 0 Å². The van der Waals surface area contributed by atoms with Crippen molar-refractivity contribution in [1.29, 1.82) is 0 Å². The molecule has 1 saturated heterocycles. The van der Waals surface area contributed by atoms with Crippen LogP contribution in [0.4, 0.5) is 4.39 Å². The first-order chi connectivity index (χ1) is 17.6. The van der Waals surface area contributed by atoms with E-state index in [1.165, 1.54) is 20.2 Å². The molecule has 1 fully saturated rings. The van der Waals surface area contributed by atoms with Crippen LogP contribution in [0, 0.1) is 6.92 Å². The van der Waals surface area contributed by atoms with Crippen molar-refractivity contribution in [2.45, 2.75) is 44.3 Å². The van der Waals surface area contributed by atoms with Crippen LogP contribution in [0.2, 0.25) is 0 Å². The zero-order valence-electron chi connectivity index (χ0n) is 20.4. The second-order valence-electron chi connectivity index (χ2n) is 8.60. The molecule has 1 aromatic carbocycles. The Balaban J connectivity index is 1.45. The molecule has 3 heterocycles. The molecule has 1 aliphatic rings. The van der Waals surface area contributed by atoms with Crippen LogP contribution in [0.1, 0.15) is 23.8 Å². The molecular weight excluding hydrogens is 510 g/mol. The number of esters is 1. The number of ether oxygens (including phenoxy) is 2. The minimum Gasteiger partial charge on any atom is -0.468 e. The van der Waals surface area contributed by atoms with Crippen LogP contribution in [0.15, 0.2) is 46.2 Å². The first kappa shape index (κ1) is 27.0. The van der Waals surface area contributed by atoms with Crippen LogP contribution in [-0.2, 0) is 34.3 Å². The third-order valence-electron chi connectivity index (χ3n) is 6.17. The number of carbonyl (C=O) groups is 1. The highest BCUT2D eigenvalue weighted by Crippen LogP contribution is 2.45. The van der Waals surface area contributed by atoms with Crippen molar-refractivity contribution >= 4 is 24.6 Å². The molecule has 3 N–H and O–H groups in total. The number of hydrogen-bond donors (Lipinski definition) is 3. The fourth-order valence-corrected chi connectivity index (χ4v) is 5.37. The number of carbonyl (C=O) groups excluding carboxylic acids is 1. The number of fused-ring (bicyclic) bond motifs is 1. The molecule has 14 heteroatoms. The van der Waals surface area contributed by atoms with Crippen molar-refractivity contribution in [2.24, 2.45) is 0 Å². The topological polar surface area (TPSA) is 154 Å². The maximum atomic E-state index is 14.7. The van der Waals surface area contributed by atoms with Gasteiger partial charge in [-0.2, -0.15) is 0 Å². The van der Waals surface area contributed by atoms with E-state index in [9.17, 15) is 23.3 Å². The number of aromatic amines is 2. The standard InChI is InChI=1S/C23H28FN4O8P/c1-13-11-28(23(31)26-21(13)29)20-9-16(24)19(36-20)12-35-37(32,34-3)27-18(22(30)33-2)8-14-10-25-17-7-5-4-6-15(14)17/h4-7,10-11,16,18-20,25H,8-9,12H2,1-3H3,(H,27,32)(H,26,29,31)/t16?,18-,19?,20?,37?/m0/s1. The zero-order chi connectivity index (χ0) is 26.7. The summed E-state index contributed by atoms with van der Waals surface area (Å²) < 4.78 is 50.1. The molecule has 0 aliphatic carbocycles. The highest BCUT2D eigenvalue weighted by molar-refractivity contribution is 7.51. The summed E-state index contributed by atoms with van der Waals surface area (Å²) in [4.78, 5) is 41.5. The Morgan fingerprint density at radius 3 is 2.81 bits per heavy atom. The monoisotopic (exact) mass is 538 g/mol. The van der Waals surface area contributed by atoms with Crippen LogP contribution in [0.5, 0.6) is 0 Å². The summed E-state index contributed by atoms with van der Waals surface area (Å²) in [5.41, 5.74) is 0.614. The summed E-state index contributed by atoms with van der Waals surface area (Å²) in [6, 6.07) is 6.39. The number of para-hydroxylation sites is 1. The summed E-state index contributed by atoms with van der Waals surface area (Å²) in [5.74, 6) is -0.695. The van der Waals surface area contributed by atoms with Crippen molar-refractivity contribution in [1.82, 2.24) is 19.6 Å². The average Bonchev–Trinajstić information content (AvgIpc) is 3.47. The van der Waals surface area contributed by atoms with Gasteiger partial charge in [-0.1, -0.05) is 18.2 Å². The Morgan fingerprint density at radius 2 is 2.08 bits per heavy atom. The van der Waals surface area contributed by atoms with Crippen molar-refractivity contribution in [3.8, 4) is 0 Å². The van der Waals surface area contributed by atoms with Gasteiger partial charge < -0.3 is 19.0 Å². The van der Waals surface area contributed by atoms with Crippen LogP contribution in [0.3, 0.4) is 0 Å². The lowest BCUT2D eigenvalue weighted by molar-refractivity contribution is -0.142. The fraction of sp³-hybridized carbons (Fsp3) is 0.435. The molecule has 0 saturated carbocycles. The molecule has 1 aliphatic heterocycles. The summed E-state index contributed by atoms with van der Waals surface area (Å²) in [6.45, 7) is 1.01. The molecule has 5 atom stereocenters. The van der Waals surface area contributed by atoms with E-state index in [0.717, 1.165) is 28.1 Å². The molecule has 4 unspecified atom stereocenters. The van der Waals surface area contributed by atoms with E-state index in [1.807, 2.05) is 24.3 Å².